The van der Waals surface area contributed by atoms with E-state index < -0.39 is 24.1 Å². The minimum absolute atomic E-state index is 0.0714. The molecular weight excluding hydrogens is 422 g/mol. The molecule has 0 amide bonds. The highest BCUT2D eigenvalue weighted by molar-refractivity contribution is 5.83. The van der Waals surface area contributed by atoms with Gasteiger partial charge in [-0.05, 0) is 68.1 Å². The Balaban J connectivity index is 0.000000433. The number of aromatic hydroxyl groups is 3. The van der Waals surface area contributed by atoms with E-state index in [4.69, 9.17) is 20.4 Å². The van der Waals surface area contributed by atoms with Crippen LogP contribution >= 0.6 is 0 Å². The topological polar surface area (TPSA) is 188 Å². The second kappa shape index (κ2) is 13.2. The molecular formula is C22H29NO9. The van der Waals surface area contributed by atoms with Crippen LogP contribution in [0.1, 0.15) is 24.5 Å². The second-order valence-electron chi connectivity index (χ2n) is 7.20. The van der Waals surface area contributed by atoms with Crippen LogP contribution in [0, 0.1) is 0 Å². The Hall–Kier alpha value is -3.34. The molecule has 0 heterocycles. The Kier molecular flexibility index (Phi) is 11.0. The van der Waals surface area contributed by atoms with Gasteiger partial charge in [-0.2, -0.15) is 0 Å². The number of hydrogen-bond donors (Lipinski definition) is 8. The molecule has 0 aliphatic rings. The maximum absolute atomic E-state index is 9.77. The molecule has 0 saturated carbocycles. The van der Waals surface area contributed by atoms with Crippen LogP contribution in [0.3, 0.4) is 0 Å². The molecule has 0 bridgehead atoms. The van der Waals surface area contributed by atoms with Crippen molar-refractivity contribution < 1.29 is 45.3 Å². The second-order valence-corrected chi connectivity index (χ2v) is 7.20. The van der Waals surface area contributed by atoms with Crippen molar-refractivity contribution in [3.8, 4) is 17.2 Å². The molecule has 10 nitrogen and oxygen atoms in total. The normalized spacial score (nSPS) is 13.3. The summed E-state index contributed by atoms with van der Waals surface area (Å²) in [6.45, 7) is 2.97. The summed E-state index contributed by atoms with van der Waals surface area (Å²) in [4.78, 5) is 19.5. The fourth-order valence-electron chi connectivity index (χ4n) is 2.61. The maximum Gasteiger partial charge on any atom is 0.335 e. The Morgan fingerprint density at radius 2 is 1.34 bits per heavy atom. The number of rotatable bonds is 10. The van der Waals surface area contributed by atoms with Crippen molar-refractivity contribution in [1.29, 1.82) is 0 Å². The van der Waals surface area contributed by atoms with Gasteiger partial charge >= 0.3 is 11.9 Å². The molecule has 8 N–H and O–H groups in total. The predicted octanol–water partition coefficient (Wildman–Crippen LogP) is 0.834. The molecule has 2 aromatic rings. The Morgan fingerprint density at radius 1 is 0.812 bits per heavy atom. The van der Waals surface area contributed by atoms with Gasteiger partial charge in [0.1, 0.15) is 5.75 Å². The number of hydrogen-bond acceptors (Lipinski definition) is 8. The summed E-state index contributed by atoms with van der Waals surface area (Å²) in [5.74, 6) is -3.39. The van der Waals surface area contributed by atoms with E-state index in [9.17, 15) is 24.9 Å². The van der Waals surface area contributed by atoms with E-state index in [0.29, 0.717) is 11.8 Å². The monoisotopic (exact) mass is 451 g/mol. The fourth-order valence-corrected chi connectivity index (χ4v) is 2.61. The van der Waals surface area contributed by atoms with Gasteiger partial charge in [0.2, 0.25) is 0 Å². The first-order valence-electron chi connectivity index (χ1n) is 9.85. The molecule has 0 radical (unpaired) electrons. The molecule has 2 rings (SSSR count). The van der Waals surface area contributed by atoms with Crippen LogP contribution in [0.15, 0.2) is 42.5 Å². The van der Waals surface area contributed by atoms with E-state index in [1.165, 1.54) is 11.6 Å². The predicted molar refractivity (Wildman–Crippen MR) is 115 cm³/mol. The van der Waals surface area contributed by atoms with Gasteiger partial charge in [-0.3, -0.25) is 0 Å². The largest absolute Gasteiger partial charge is 0.508 e. The minimum atomic E-state index is -2.27. The number of aliphatic carboxylic acids is 2. The highest BCUT2D eigenvalue weighted by Gasteiger charge is 2.29. The van der Waals surface area contributed by atoms with Crippen LogP contribution in [0.5, 0.6) is 17.2 Å². The van der Waals surface area contributed by atoms with E-state index in [1.807, 2.05) is 18.2 Å². The van der Waals surface area contributed by atoms with Crippen LogP contribution < -0.4 is 5.32 Å². The number of carboxylic acid groups (broad SMARTS) is 2. The summed E-state index contributed by atoms with van der Waals surface area (Å²) in [6, 6.07) is 12.6. The van der Waals surface area contributed by atoms with Gasteiger partial charge < -0.3 is 41.1 Å². The van der Waals surface area contributed by atoms with Crippen LogP contribution in [-0.2, 0) is 22.4 Å². The smallest absolute Gasteiger partial charge is 0.335 e. The quantitative estimate of drug-likeness (QED) is 0.240. The molecule has 0 fully saturated rings. The van der Waals surface area contributed by atoms with Crippen molar-refractivity contribution in [2.45, 2.75) is 44.4 Å². The van der Waals surface area contributed by atoms with E-state index in [1.54, 1.807) is 18.2 Å². The first-order valence-corrected chi connectivity index (χ1v) is 9.85. The van der Waals surface area contributed by atoms with E-state index in [2.05, 4.69) is 12.2 Å². The van der Waals surface area contributed by atoms with Crippen molar-refractivity contribution in [3.63, 3.8) is 0 Å². The summed E-state index contributed by atoms with van der Waals surface area (Å²) in [7, 11) is 0. The van der Waals surface area contributed by atoms with Gasteiger partial charge in [0, 0.05) is 6.04 Å². The van der Waals surface area contributed by atoms with Crippen LogP contribution in [0.25, 0.3) is 0 Å². The van der Waals surface area contributed by atoms with Crippen LogP contribution in [0.2, 0.25) is 0 Å². The third kappa shape index (κ3) is 9.65. The molecule has 2 aromatic carbocycles. The molecule has 1 unspecified atom stereocenters. The highest BCUT2D eigenvalue weighted by atomic mass is 16.4. The summed E-state index contributed by atoms with van der Waals surface area (Å²) in [5.41, 5.74) is 2.21. The average Bonchev–Trinajstić information content (AvgIpc) is 2.75. The van der Waals surface area contributed by atoms with E-state index in [-0.39, 0.29) is 11.5 Å². The minimum Gasteiger partial charge on any atom is -0.508 e. The standard InChI is InChI=1S/C18H23NO3.C4H6O6/c1-13(2-3-14-4-7-16(20)8-5-14)19-11-10-15-6-9-17(21)18(22)12-15;5-1(3(7)8)2(6)4(9)10/h4-9,12-13,19-22H,2-3,10-11H2,1H3;1-2,5-6H,(H,7,8)(H,9,10)/t;1-,2-/m.0/s1. The number of aryl methyl sites for hydroxylation is 1. The van der Waals surface area contributed by atoms with Gasteiger partial charge in [-0.1, -0.05) is 18.2 Å². The number of aliphatic hydroxyl groups is 2. The third-order valence-corrected chi connectivity index (χ3v) is 4.55. The Bertz CT molecular complexity index is 852. The van der Waals surface area contributed by atoms with Gasteiger partial charge in [-0.25, -0.2) is 9.59 Å². The summed E-state index contributed by atoms with van der Waals surface area (Å²) < 4.78 is 0. The molecule has 0 saturated heterocycles. The molecule has 0 aromatic heterocycles. The molecule has 176 valence electrons. The number of phenolic OH excluding ortho intramolecular Hbond substituents is 3. The molecule has 0 aliphatic heterocycles. The molecule has 3 atom stereocenters. The number of phenols is 3. The number of carbonyl (C=O) groups is 2. The lowest BCUT2D eigenvalue weighted by atomic mass is 10.1. The van der Waals surface area contributed by atoms with Gasteiger partial charge in [0.15, 0.2) is 23.7 Å². The summed E-state index contributed by atoms with van der Waals surface area (Å²) in [5, 5.41) is 64.0. The van der Waals surface area contributed by atoms with E-state index in [0.717, 1.165) is 31.4 Å². The van der Waals surface area contributed by atoms with Gasteiger partial charge in [0.25, 0.3) is 0 Å². The van der Waals surface area contributed by atoms with E-state index >= 15 is 0 Å². The summed E-state index contributed by atoms with van der Waals surface area (Å²) in [6.07, 6.45) is -1.74. The zero-order valence-electron chi connectivity index (χ0n) is 17.5. The zero-order chi connectivity index (χ0) is 24.3. The van der Waals surface area contributed by atoms with Crippen molar-refractivity contribution in [1.82, 2.24) is 5.32 Å². The summed E-state index contributed by atoms with van der Waals surface area (Å²) >= 11 is 0. The zero-order valence-corrected chi connectivity index (χ0v) is 17.5. The molecule has 0 aliphatic carbocycles. The van der Waals surface area contributed by atoms with Crippen molar-refractivity contribution in [2.24, 2.45) is 0 Å². The maximum atomic E-state index is 9.77. The number of carboxylic acids is 2. The third-order valence-electron chi connectivity index (χ3n) is 4.55. The fraction of sp³-hybridized carbons (Fsp3) is 0.364. The average molecular weight is 451 g/mol. The van der Waals surface area contributed by atoms with Crippen LogP contribution in [-0.4, -0.2) is 72.5 Å². The number of aliphatic hydroxyl groups excluding tert-OH is 2. The van der Waals surface area contributed by atoms with Gasteiger partial charge in [0.05, 0.1) is 0 Å². The van der Waals surface area contributed by atoms with Gasteiger partial charge in [-0.15, -0.1) is 0 Å². The molecule has 0 spiro atoms. The molecule has 10 heteroatoms. The Labute approximate surface area is 185 Å². The lowest BCUT2D eigenvalue weighted by Gasteiger charge is -2.14. The number of benzene rings is 2. The first kappa shape index (κ1) is 26.7. The van der Waals surface area contributed by atoms with Crippen molar-refractivity contribution in [3.05, 3.63) is 53.6 Å². The lowest BCUT2D eigenvalue weighted by Crippen LogP contribution is -2.39. The van der Waals surface area contributed by atoms with Crippen molar-refractivity contribution in [2.75, 3.05) is 6.54 Å². The highest BCUT2D eigenvalue weighted by Crippen LogP contribution is 2.24. The Morgan fingerprint density at radius 3 is 1.84 bits per heavy atom. The molecule has 32 heavy (non-hydrogen) atoms. The number of nitrogens with one attached hydrogen (secondary N) is 1. The van der Waals surface area contributed by atoms with Crippen LogP contribution in [0.4, 0.5) is 0 Å². The lowest BCUT2D eigenvalue weighted by molar-refractivity contribution is -0.165. The first-order chi connectivity index (χ1) is 15.0. The SMILES string of the molecule is CC(CCc1ccc(O)cc1)NCCc1ccc(O)c(O)c1.O=C(O)[C@@H](O)[C@H](O)C(=O)O. The van der Waals surface area contributed by atoms with Crippen molar-refractivity contribution >= 4 is 11.9 Å².